The highest BCUT2D eigenvalue weighted by atomic mass is 35.5. The summed E-state index contributed by atoms with van der Waals surface area (Å²) in [6.45, 7) is 2.16. The molecule has 0 unspecified atom stereocenters. The Bertz CT molecular complexity index is 981. The lowest BCUT2D eigenvalue weighted by Crippen LogP contribution is -2.03. The highest BCUT2D eigenvalue weighted by Gasteiger charge is 2.14. The number of aryl methyl sites for hydroxylation is 1. The summed E-state index contributed by atoms with van der Waals surface area (Å²) >= 11 is 12.2. The Morgan fingerprint density at radius 2 is 1.88 bits per heavy atom. The van der Waals surface area contributed by atoms with Crippen molar-refractivity contribution in [3.8, 4) is 11.5 Å². The summed E-state index contributed by atoms with van der Waals surface area (Å²) in [7, 11) is 0. The van der Waals surface area contributed by atoms with Crippen LogP contribution in [0.2, 0.25) is 10.0 Å². The number of fused-ring (bicyclic) bond motifs is 1. The topological polar surface area (TPSA) is 68.3 Å². The fraction of sp³-hybridized carbons (Fsp3) is 0.111. The van der Waals surface area contributed by atoms with Gasteiger partial charge in [-0.05, 0) is 31.2 Å². The molecule has 1 aliphatic heterocycles. The maximum absolute atomic E-state index is 6.21. The molecule has 3 aromatic rings. The van der Waals surface area contributed by atoms with Gasteiger partial charge in [-0.1, -0.05) is 29.3 Å². The Hall–Kier alpha value is -2.70. The van der Waals surface area contributed by atoms with E-state index in [-0.39, 0.29) is 6.79 Å². The molecule has 0 spiro atoms. The fourth-order valence-corrected chi connectivity index (χ4v) is 2.81. The van der Waals surface area contributed by atoms with Crippen molar-refractivity contribution in [2.24, 2.45) is 0 Å². The molecule has 0 fully saturated rings. The highest BCUT2D eigenvalue weighted by Crippen LogP contribution is 2.35. The van der Waals surface area contributed by atoms with Crippen LogP contribution in [0.5, 0.6) is 11.5 Å². The maximum atomic E-state index is 6.21. The Morgan fingerprint density at radius 3 is 2.77 bits per heavy atom. The number of hydrogen-bond acceptors (Lipinski definition) is 6. The number of halogens is 2. The number of nitrogens with one attached hydrogen (secondary N) is 2. The molecule has 0 amide bonds. The van der Waals surface area contributed by atoms with Gasteiger partial charge in [0.25, 0.3) is 0 Å². The first-order valence-corrected chi connectivity index (χ1v) is 8.57. The van der Waals surface area contributed by atoms with Crippen LogP contribution < -0.4 is 20.1 Å². The molecule has 0 radical (unpaired) electrons. The number of rotatable bonds is 4. The number of benzene rings is 2. The Labute approximate surface area is 160 Å². The van der Waals surface area contributed by atoms with Crippen molar-refractivity contribution in [3.05, 3.63) is 58.2 Å². The molecule has 0 saturated carbocycles. The predicted octanol–water partition coefficient (Wildman–Crippen LogP) is 5.31. The largest absolute Gasteiger partial charge is 0.454 e. The van der Waals surface area contributed by atoms with Gasteiger partial charge in [0.2, 0.25) is 12.7 Å². The molecule has 1 aromatic heterocycles. The monoisotopic (exact) mass is 388 g/mol. The summed E-state index contributed by atoms with van der Waals surface area (Å²) in [5, 5.41) is 7.23. The van der Waals surface area contributed by atoms with Crippen LogP contribution >= 0.6 is 23.2 Å². The third-order valence-electron chi connectivity index (χ3n) is 3.81. The smallest absolute Gasteiger partial charge is 0.231 e. The van der Waals surface area contributed by atoms with E-state index in [0.29, 0.717) is 33.2 Å². The van der Waals surface area contributed by atoms with Crippen molar-refractivity contribution >= 4 is 46.3 Å². The van der Waals surface area contributed by atoms with Gasteiger partial charge in [0.1, 0.15) is 5.82 Å². The Kier molecular flexibility index (Phi) is 4.44. The number of hydrogen-bond donors (Lipinski definition) is 2. The molecular formula is C18H14Cl2N4O2. The zero-order valence-corrected chi connectivity index (χ0v) is 15.2. The van der Waals surface area contributed by atoms with Gasteiger partial charge in [-0.15, -0.1) is 0 Å². The molecule has 0 atom stereocenters. The van der Waals surface area contributed by atoms with Crippen LogP contribution in [0.25, 0.3) is 0 Å². The normalized spacial score (nSPS) is 12.1. The summed E-state index contributed by atoms with van der Waals surface area (Å²) in [6, 6.07) is 10.9. The van der Waals surface area contributed by atoms with Crippen LogP contribution in [0, 0.1) is 6.92 Å². The zero-order valence-electron chi connectivity index (χ0n) is 13.7. The van der Waals surface area contributed by atoms with Crippen LogP contribution in [0.15, 0.2) is 42.6 Å². The van der Waals surface area contributed by atoms with Gasteiger partial charge < -0.3 is 20.1 Å². The molecule has 0 aliphatic carbocycles. The van der Waals surface area contributed by atoms with E-state index in [9.17, 15) is 0 Å². The van der Waals surface area contributed by atoms with Crippen LogP contribution in [-0.2, 0) is 0 Å². The molecule has 2 heterocycles. The molecular weight excluding hydrogens is 375 g/mol. The number of nitrogens with zero attached hydrogens (tertiary/aromatic N) is 2. The van der Waals surface area contributed by atoms with E-state index in [1.807, 2.05) is 31.2 Å². The molecule has 8 heteroatoms. The first-order chi connectivity index (χ1) is 12.6. The summed E-state index contributed by atoms with van der Waals surface area (Å²) in [5.41, 5.74) is 2.37. The second-order valence-corrected chi connectivity index (χ2v) is 6.43. The third-order valence-corrected chi connectivity index (χ3v) is 4.62. The standard InChI is InChI=1S/C18H14Cl2N4O2/c1-10-8-21-18(23-13-4-2-3-12(19)16(13)20)24-17(10)22-11-5-6-14-15(7-11)26-9-25-14/h2-8H,9H2,1H3,(H2,21,22,23,24). The Balaban J connectivity index is 1.59. The minimum absolute atomic E-state index is 0.236. The van der Waals surface area contributed by atoms with E-state index in [4.69, 9.17) is 32.7 Å². The SMILES string of the molecule is Cc1cnc(Nc2cccc(Cl)c2Cl)nc1Nc1ccc2c(c1)OCO2. The van der Waals surface area contributed by atoms with Crippen molar-refractivity contribution in [1.82, 2.24) is 9.97 Å². The lowest BCUT2D eigenvalue weighted by molar-refractivity contribution is 0.174. The van der Waals surface area contributed by atoms with Crippen LogP contribution in [0.1, 0.15) is 5.56 Å². The average Bonchev–Trinajstić information content (AvgIpc) is 3.09. The molecule has 2 N–H and O–H groups in total. The van der Waals surface area contributed by atoms with Crippen molar-refractivity contribution in [2.75, 3.05) is 17.4 Å². The lowest BCUT2D eigenvalue weighted by Gasteiger charge is -2.12. The molecule has 26 heavy (non-hydrogen) atoms. The predicted molar refractivity (Wildman–Crippen MR) is 102 cm³/mol. The van der Waals surface area contributed by atoms with Gasteiger partial charge in [0, 0.05) is 23.5 Å². The average molecular weight is 389 g/mol. The van der Waals surface area contributed by atoms with Crippen LogP contribution in [0.4, 0.5) is 23.1 Å². The molecule has 6 nitrogen and oxygen atoms in total. The minimum atomic E-state index is 0.236. The van der Waals surface area contributed by atoms with E-state index >= 15 is 0 Å². The second-order valence-electron chi connectivity index (χ2n) is 5.64. The van der Waals surface area contributed by atoms with E-state index < -0.39 is 0 Å². The number of ether oxygens (including phenoxy) is 2. The lowest BCUT2D eigenvalue weighted by atomic mass is 10.2. The van der Waals surface area contributed by atoms with E-state index in [0.717, 1.165) is 17.0 Å². The fourth-order valence-electron chi connectivity index (χ4n) is 2.46. The first kappa shape index (κ1) is 16.8. The van der Waals surface area contributed by atoms with Gasteiger partial charge in [-0.3, -0.25) is 0 Å². The molecule has 0 saturated heterocycles. The molecule has 0 bridgehead atoms. The molecule has 2 aromatic carbocycles. The van der Waals surface area contributed by atoms with Crippen molar-refractivity contribution < 1.29 is 9.47 Å². The van der Waals surface area contributed by atoms with E-state index in [1.54, 1.807) is 18.3 Å². The van der Waals surface area contributed by atoms with Crippen LogP contribution in [-0.4, -0.2) is 16.8 Å². The van der Waals surface area contributed by atoms with Gasteiger partial charge in [0.05, 0.1) is 15.7 Å². The van der Waals surface area contributed by atoms with Gasteiger partial charge in [-0.2, -0.15) is 4.98 Å². The summed E-state index contributed by atoms with van der Waals surface area (Å²) < 4.78 is 10.7. The van der Waals surface area contributed by atoms with Gasteiger partial charge in [-0.25, -0.2) is 4.98 Å². The zero-order chi connectivity index (χ0) is 18.1. The third kappa shape index (κ3) is 3.34. The number of aromatic nitrogens is 2. The van der Waals surface area contributed by atoms with Crippen molar-refractivity contribution in [3.63, 3.8) is 0 Å². The van der Waals surface area contributed by atoms with Gasteiger partial charge >= 0.3 is 0 Å². The summed E-state index contributed by atoms with van der Waals surface area (Å²) in [5.74, 6) is 2.50. The second kappa shape index (κ2) is 6.90. The summed E-state index contributed by atoms with van der Waals surface area (Å²) in [6.07, 6.45) is 1.73. The highest BCUT2D eigenvalue weighted by molar-refractivity contribution is 6.43. The molecule has 4 rings (SSSR count). The quantitative estimate of drug-likeness (QED) is 0.631. The van der Waals surface area contributed by atoms with E-state index in [1.165, 1.54) is 0 Å². The minimum Gasteiger partial charge on any atom is -0.454 e. The molecule has 132 valence electrons. The maximum Gasteiger partial charge on any atom is 0.231 e. The summed E-state index contributed by atoms with van der Waals surface area (Å²) in [4.78, 5) is 8.82. The first-order valence-electron chi connectivity index (χ1n) is 7.81. The van der Waals surface area contributed by atoms with Crippen LogP contribution in [0.3, 0.4) is 0 Å². The molecule has 1 aliphatic rings. The van der Waals surface area contributed by atoms with Crippen molar-refractivity contribution in [1.29, 1.82) is 0 Å². The van der Waals surface area contributed by atoms with Crippen molar-refractivity contribution in [2.45, 2.75) is 6.92 Å². The van der Waals surface area contributed by atoms with Gasteiger partial charge in [0.15, 0.2) is 11.5 Å². The Morgan fingerprint density at radius 1 is 1.04 bits per heavy atom. The van der Waals surface area contributed by atoms with E-state index in [2.05, 4.69) is 20.6 Å². The number of anilines is 4.